The number of hydrogen-bond donors (Lipinski definition) is 0. The molecule has 1 heterocycles. The summed E-state index contributed by atoms with van der Waals surface area (Å²) in [5, 5.41) is 0. The minimum absolute atomic E-state index is 0.0299. The van der Waals surface area contributed by atoms with Gasteiger partial charge in [0.25, 0.3) is 0 Å². The van der Waals surface area contributed by atoms with E-state index in [-0.39, 0.29) is 24.7 Å². The third-order valence-corrected chi connectivity index (χ3v) is 3.84. The molecule has 2 aromatic rings. The lowest BCUT2D eigenvalue weighted by atomic mass is 10.1. The van der Waals surface area contributed by atoms with Crippen molar-refractivity contribution in [2.24, 2.45) is 0 Å². The summed E-state index contributed by atoms with van der Waals surface area (Å²) in [5.74, 6) is 1.21. The van der Waals surface area contributed by atoms with Gasteiger partial charge in [-0.2, -0.15) is 8.78 Å². The van der Waals surface area contributed by atoms with Gasteiger partial charge in [0.2, 0.25) is 5.91 Å². The molecule has 0 fully saturated rings. The molecule has 1 aromatic carbocycles. The van der Waals surface area contributed by atoms with E-state index >= 15 is 0 Å². The molecule has 0 radical (unpaired) electrons. The fourth-order valence-electron chi connectivity index (χ4n) is 2.42. The maximum atomic E-state index is 12.8. The van der Waals surface area contributed by atoms with Gasteiger partial charge in [-0.15, -0.1) is 0 Å². The number of aromatic nitrogens is 2. The van der Waals surface area contributed by atoms with Crippen molar-refractivity contribution in [1.29, 1.82) is 0 Å². The summed E-state index contributed by atoms with van der Waals surface area (Å²) in [4.78, 5) is 17.5. The fraction of sp³-hybridized carbons (Fsp3) is 0.412. The van der Waals surface area contributed by atoms with Crippen LogP contribution in [0.3, 0.4) is 0 Å². The molecule has 0 unspecified atom stereocenters. The number of aryl methyl sites for hydroxylation is 1. The van der Waals surface area contributed by atoms with E-state index in [1.165, 1.54) is 17.3 Å². The first-order valence-corrected chi connectivity index (χ1v) is 7.71. The molecule has 2 rings (SSSR count). The number of alkyl halides is 2. The van der Waals surface area contributed by atoms with E-state index in [2.05, 4.69) is 4.98 Å². The molecule has 0 saturated carbocycles. The summed E-state index contributed by atoms with van der Waals surface area (Å²) < 4.78 is 36.8. The molecule has 0 bridgehead atoms. The van der Waals surface area contributed by atoms with Crippen LogP contribution in [-0.2, 0) is 17.8 Å². The molecule has 0 aliphatic carbocycles. The minimum atomic E-state index is -2.67. The van der Waals surface area contributed by atoms with Crippen LogP contribution in [-0.4, -0.2) is 41.6 Å². The zero-order valence-corrected chi connectivity index (χ0v) is 14.4. The number of ether oxygens (including phenoxy) is 2. The fourth-order valence-corrected chi connectivity index (χ4v) is 2.42. The molecule has 0 aliphatic heterocycles. The number of amides is 1. The number of halogens is 2. The Kier molecular flexibility index (Phi) is 6.32. The molecule has 6 nitrogen and oxygen atoms in total. The van der Waals surface area contributed by atoms with Gasteiger partial charge in [-0.3, -0.25) is 9.36 Å². The van der Waals surface area contributed by atoms with E-state index in [4.69, 9.17) is 9.47 Å². The second-order valence-electron chi connectivity index (χ2n) is 5.47. The highest BCUT2D eigenvalue weighted by molar-refractivity contribution is 5.76. The molecule has 0 N–H and O–H groups in total. The second-order valence-corrected chi connectivity index (χ2v) is 5.47. The molecular formula is C17H21F2N3O3. The van der Waals surface area contributed by atoms with Gasteiger partial charge in [-0.1, -0.05) is 6.07 Å². The topological polar surface area (TPSA) is 56.6 Å². The number of imidazole rings is 1. The predicted molar refractivity (Wildman–Crippen MR) is 87.8 cm³/mol. The van der Waals surface area contributed by atoms with Gasteiger partial charge in [-0.05, 0) is 24.1 Å². The van der Waals surface area contributed by atoms with Crippen molar-refractivity contribution in [2.75, 3.05) is 21.3 Å². The van der Waals surface area contributed by atoms with Crippen LogP contribution in [0, 0.1) is 0 Å². The first-order valence-electron chi connectivity index (χ1n) is 7.71. The number of benzene rings is 1. The lowest BCUT2D eigenvalue weighted by Gasteiger charge is -2.18. The van der Waals surface area contributed by atoms with Crippen LogP contribution in [0.25, 0.3) is 0 Å². The van der Waals surface area contributed by atoms with Crippen molar-refractivity contribution >= 4 is 5.91 Å². The molecular weight excluding hydrogens is 332 g/mol. The van der Waals surface area contributed by atoms with E-state index in [0.717, 1.165) is 10.1 Å². The van der Waals surface area contributed by atoms with E-state index < -0.39 is 6.55 Å². The summed E-state index contributed by atoms with van der Waals surface area (Å²) in [5.41, 5.74) is 0.925. The second kappa shape index (κ2) is 8.46. The molecule has 0 aliphatic rings. The molecule has 1 aromatic heterocycles. The van der Waals surface area contributed by atoms with Gasteiger partial charge < -0.3 is 14.4 Å². The highest BCUT2D eigenvalue weighted by Crippen LogP contribution is 2.28. The summed E-state index contributed by atoms with van der Waals surface area (Å²) in [6.07, 6.45) is 3.25. The number of methoxy groups -OCH3 is 2. The van der Waals surface area contributed by atoms with Crippen molar-refractivity contribution in [3.8, 4) is 11.5 Å². The zero-order valence-electron chi connectivity index (χ0n) is 14.4. The van der Waals surface area contributed by atoms with Crippen molar-refractivity contribution in [2.45, 2.75) is 25.9 Å². The molecule has 0 spiro atoms. The molecule has 136 valence electrons. The third kappa shape index (κ3) is 4.68. The first kappa shape index (κ1) is 18.7. The molecule has 25 heavy (non-hydrogen) atoms. The first-order chi connectivity index (χ1) is 12.0. The standard InChI is InChI=1S/C17H21F2N3O3/c1-21(11-15-20-8-9-22(15)17(18)19)16(23)7-5-12-4-6-13(24-2)14(10-12)25-3/h4,6,8-10,17H,5,7,11H2,1-3H3. The van der Waals surface area contributed by atoms with Crippen molar-refractivity contribution in [3.63, 3.8) is 0 Å². The Balaban J connectivity index is 1.94. The Morgan fingerprint density at radius 1 is 1.28 bits per heavy atom. The number of carbonyl (C=O) groups is 1. The molecule has 0 atom stereocenters. The predicted octanol–water partition coefficient (Wildman–Crippen LogP) is 2.89. The van der Waals surface area contributed by atoms with Crippen molar-refractivity contribution < 1.29 is 23.0 Å². The zero-order chi connectivity index (χ0) is 18.4. The van der Waals surface area contributed by atoms with Crippen molar-refractivity contribution in [1.82, 2.24) is 14.5 Å². The lowest BCUT2D eigenvalue weighted by molar-refractivity contribution is -0.130. The summed E-state index contributed by atoms with van der Waals surface area (Å²) in [6.45, 7) is -2.64. The van der Waals surface area contributed by atoms with Crippen LogP contribution in [0.1, 0.15) is 24.4 Å². The van der Waals surface area contributed by atoms with Crippen LogP contribution in [0.15, 0.2) is 30.6 Å². The smallest absolute Gasteiger partial charge is 0.319 e. The van der Waals surface area contributed by atoms with Crippen LogP contribution in [0.4, 0.5) is 8.78 Å². The maximum absolute atomic E-state index is 12.8. The number of carbonyl (C=O) groups excluding carboxylic acids is 1. The largest absolute Gasteiger partial charge is 0.493 e. The molecule has 0 saturated heterocycles. The Morgan fingerprint density at radius 2 is 2.00 bits per heavy atom. The van der Waals surface area contributed by atoms with Crippen LogP contribution < -0.4 is 9.47 Å². The average molecular weight is 353 g/mol. The van der Waals surface area contributed by atoms with Crippen LogP contribution in [0.5, 0.6) is 11.5 Å². The van der Waals surface area contributed by atoms with E-state index in [0.29, 0.717) is 17.9 Å². The van der Waals surface area contributed by atoms with Gasteiger partial charge >= 0.3 is 6.55 Å². The summed E-state index contributed by atoms with van der Waals surface area (Å²) in [6, 6.07) is 5.45. The Morgan fingerprint density at radius 3 is 2.64 bits per heavy atom. The average Bonchev–Trinajstić information content (AvgIpc) is 3.07. The molecule has 1 amide bonds. The Hall–Kier alpha value is -2.64. The number of hydrogen-bond acceptors (Lipinski definition) is 4. The lowest BCUT2D eigenvalue weighted by Crippen LogP contribution is -2.28. The SMILES string of the molecule is COc1ccc(CCC(=O)N(C)Cc2nccn2C(F)F)cc1OC. The number of rotatable bonds is 8. The van der Waals surface area contributed by atoms with Gasteiger partial charge in [0.15, 0.2) is 11.5 Å². The summed E-state index contributed by atoms with van der Waals surface area (Å²) >= 11 is 0. The minimum Gasteiger partial charge on any atom is -0.493 e. The highest BCUT2D eigenvalue weighted by Gasteiger charge is 2.16. The third-order valence-electron chi connectivity index (χ3n) is 3.84. The monoisotopic (exact) mass is 353 g/mol. The van der Waals surface area contributed by atoms with E-state index in [1.807, 2.05) is 12.1 Å². The van der Waals surface area contributed by atoms with Gasteiger partial charge in [-0.25, -0.2) is 4.98 Å². The van der Waals surface area contributed by atoms with Crippen molar-refractivity contribution in [3.05, 3.63) is 42.0 Å². The normalized spacial score (nSPS) is 10.8. The summed E-state index contributed by atoms with van der Waals surface area (Å²) in [7, 11) is 4.67. The Labute approximate surface area is 145 Å². The van der Waals surface area contributed by atoms with Gasteiger partial charge in [0.05, 0.1) is 20.8 Å². The van der Waals surface area contributed by atoms with Gasteiger partial charge in [0, 0.05) is 25.9 Å². The van der Waals surface area contributed by atoms with E-state index in [9.17, 15) is 13.6 Å². The van der Waals surface area contributed by atoms with Crippen LogP contribution >= 0.6 is 0 Å². The number of nitrogens with zero attached hydrogens (tertiary/aromatic N) is 3. The van der Waals surface area contributed by atoms with E-state index in [1.54, 1.807) is 27.3 Å². The highest BCUT2D eigenvalue weighted by atomic mass is 19.3. The molecule has 8 heteroatoms. The Bertz CT molecular complexity index is 719. The van der Waals surface area contributed by atoms with Gasteiger partial charge in [0.1, 0.15) is 5.82 Å². The quantitative estimate of drug-likeness (QED) is 0.732. The van der Waals surface area contributed by atoms with Crippen LogP contribution in [0.2, 0.25) is 0 Å². The maximum Gasteiger partial charge on any atom is 0.319 e.